The van der Waals surface area contributed by atoms with Crippen LogP contribution in [0.4, 0.5) is 0 Å². The summed E-state index contributed by atoms with van der Waals surface area (Å²) in [6.45, 7) is 15.5. The summed E-state index contributed by atoms with van der Waals surface area (Å²) < 4.78 is 0. The summed E-state index contributed by atoms with van der Waals surface area (Å²) in [5, 5.41) is 19.2. The summed E-state index contributed by atoms with van der Waals surface area (Å²) in [6.07, 6.45) is 0.362. The molecule has 108 valence electrons. The molecule has 1 heterocycles. The summed E-state index contributed by atoms with van der Waals surface area (Å²) in [4.78, 5) is 2.52. The Morgan fingerprint density at radius 1 is 1.17 bits per heavy atom. The monoisotopic (exact) mass is 257 g/mol. The van der Waals surface area contributed by atoms with Crippen LogP contribution in [0.5, 0.6) is 0 Å². The maximum absolute atomic E-state index is 10.0. The highest BCUT2D eigenvalue weighted by Gasteiger charge is 2.49. The lowest BCUT2D eigenvalue weighted by Crippen LogP contribution is -2.53. The number of rotatable bonds is 2. The molecule has 0 aromatic rings. The molecule has 0 amide bonds. The van der Waals surface area contributed by atoms with Crippen molar-refractivity contribution in [2.75, 3.05) is 6.61 Å². The van der Waals surface area contributed by atoms with Gasteiger partial charge in [-0.15, -0.1) is 0 Å². The third-order valence-corrected chi connectivity index (χ3v) is 4.35. The van der Waals surface area contributed by atoms with Crippen LogP contribution in [0.15, 0.2) is 0 Å². The van der Waals surface area contributed by atoms with E-state index in [-0.39, 0.29) is 23.5 Å². The van der Waals surface area contributed by atoms with Crippen LogP contribution in [0.1, 0.15) is 54.9 Å². The third kappa shape index (κ3) is 3.06. The molecule has 4 atom stereocenters. The Bertz CT molecular complexity index is 277. The van der Waals surface area contributed by atoms with Crippen molar-refractivity contribution in [1.29, 1.82) is 0 Å². The van der Waals surface area contributed by atoms with Crippen LogP contribution in [0.2, 0.25) is 0 Å². The van der Waals surface area contributed by atoms with Crippen molar-refractivity contribution in [1.82, 2.24) is 4.90 Å². The smallest absolute Gasteiger partial charge is 0.0814 e. The average Bonchev–Trinajstić information content (AvgIpc) is 2.53. The minimum absolute atomic E-state index is 0.0846. The van der Waals surface area contributed by atoms with Crippen molar-refractivity contribution in [3.63, 3.8) is 0 Å². The molecule has 0 spiro atoms. The van der Waals surface area contributed by atoms with Crippen molar-refractivity contribution >= 4 is 0 Å². The highest BCUT2D eigenvalue weighted by atomic mass is 16.3. The van der Waals surface area contributed by atoms with Gasteiger partial charge in [-0.3, -0.25) is 4.90 Å². The molecule has 3 nitrogen and oxygen atoms in total. The van der Waals surface area contributed by atoms with E-state index in [2.05, 4.69) is 53.4 Å². The van der Waals surface area contributed by atoms with Gasteiger partial charge in [0.1, 0.15) is 0 Å². The van der Waals surface area contributed by atoms with Gasteiger partial charge in [-0.2, -0.15) is 0 Å². The van der Waals surface area contributed by atoms with Crippen LogP contribution in [0, 0.1) is 11.3 Å². The highest BCUT2D eigenvalue weighted by molar-refractivity contribution is 5.03. The lowest BCUT2D eigenvalue weighted by molar-refractivity contribution is 0.00619. The molecule has 3 heteroatoms. The van der Waals surface area contributed by atoms with E-state index in [1.807, 2.05) is 0 Å². The first-order chi connectivity index (χ1) is 8.00. The molecule has 18 heavy (non-hydrogen) atoms. The Kier molecular flexibility index (Phi) is 4.52. The molecular weight excluding hydrogens is 226 g/mol. The van der Waals surface area contributed by atoms with Crippen LogP contribution in [0.3, 0.4) is 0 Å². The Balaban J connectivity index is 3.04. The van der Waals surface area contributed by atoms with E-state index in [1.165, 1.54) is 0 Å². The van der Waals surface area contributed by atoms with Crippen LogP contribution in [0.25, 0.3) is 0 Å². The molecule has 1 rings (SSSR count). The zero-order valence-corrected chi connectivity index (χ0v) is 13.1. The standard InChI is InChI=1S/C15H31NO2/c1-10-11(12(18)9-17)8-13(14(2,3)4)16(10)15(5,6)7/h10-13,17-18H,8-9H2,1-7H3/t10-,11+,12?,13?/m1/s1. The summed E-state index contributed by atoms with van der Waals surface area (Å²) in [6, 6.07) is 0.745. The normalized spacial score (nSPS) is 32.8. The van der Waals surface area contributed by atoms with Gasteiger partial charge >= 0.3 is 0 Å². The van der Waals surface area contributed by atoms with Gasteiger partial charge in [-0.25, -0.2) is 0 Å². The van der Waals surface area contributed by atoms with Crippen LogP contribution in [-0.4, -0.2) is 45.4 Å². The second-order valence-corrected chi connectivity index (χ2v) is 7.85. The number of aliphatic hydroxyl groups is 2. The molecule has 1 saturated heterocycles. The molecule has 0 saturated carbocycles. The maximum atomic E-state index is 10.0. The molecule has 0 aliphatic carbocycles. The maximum Gasteiger partial charge on any atom is 0.0814 e. The van der Waals surface area contributed by atoms with Crippen LogP contribution in [-0.2, 0) is 0 Å². The van der Waals surface area contributed by atoms with Gasteiger partial charge in [-0.1, -0.05) is 20.8 Å². The summed E-state index contributed by atoms with van der Waals surface area (Å²) >= 11 is 0. The fourth-order valence-electron chi connectivity index (χ4n) is 3.52. The summed E-state index contributed by atoms with van der Waals surface area (Å²) in [5.74, 6) is 0.165. The number of aliphatic hydroxyl groups excluding tert-OH is 2. The molecule has 0 aromatic carbocycles. The predicted octanol–water partition coefficient (Wildman–Crippen LogP) is 2.26. The molecule has 1 fully saturated rings. The second kappa shape index (κ2) is 5.10. The van der Waals surface area contributed by atoms with Gasteiger partial charge in [0.15, 0.2) is 0 Å². The molecule has 2 N–H and O–H groups in total. The Labute approximate surface area is 112 Å². The number of hydrogen-bond acceptors (Lipinski definition) is 3. The fraction of sp³-hybridized carbons (Fsp3) is 1.00. The average molecular weight is 257 g/mol. The quantitative estimate of drug-likeness (QED) is 0.797. The highest BCUT2D eigenvalue weighted by Crippen LogP contribution is 2.44. The zero-order valence-electron chi connectivity index (χ0n) is 13.1. The van der Waals surface area contributed by atoms with Gasteiger partial charge in [0.2, 0.25) is 0 Å². The molecule has 0 radical (unpaired) electrons. The van der Waals surface area contributed by atoms with Gasteiger partial charge in [0, 0.05) is 23.5 Å². The minimum atomic E-state index is -0.600. The predicted molar refractivity (Wildman–Crippen MR) is 75.5 cm³/mol. The van der Waals surface area contributed by atoms with E-state index in [4.69, 9.17) is 0 Å². The minimum Gasteiger partial charge on any atom is -0.394 e. The van der Waals surface area contributed by atoms with E-state index in [9.17, 15) is 10.2 Å². The molecule has 1 aliphatic rings. The Morgan fingerprint density at radius 2 is 1.67 bits per heavy atom. The Morgan fingerprint density at radius 3 is 1.94 bits per heavy atom. The molecular formula is C15H31NO2. The first-order valence-corrected chi connectivity index (χ1v) is 7.07. The third-order valence-electron chi connectivity index (χ3n) is 4.35. The fourth-order valence-corrected chi connectivity index (χ4v) is 3.52. The van der Waals surface area contributed by atoms with Crippen molar-refractivity contribution in [3.05, 3.63) is 0 Å². The van der Waals surface area contributed by atoms with Gasteiger partial charge in [0.25, 0.3) is 0 Å². The van der Waals surface area contributed by atoms with E-state index in [0.29, 0.717) is 12.1 Å². The van der Waals surface area contributed by atoms with Crippen molar-refractivity contribution < 1.29 is 10.2 Å². The Hall–Kier alpha value is -0.120. The summed E-state index contributed by atoms with van der Waals surface area (Å²) in [5.41, 5.74) is 0.271. The molecule has 2 unspecified atom stereocenters. The number of likely N-dealkylation sites (tertiary alicyclic amines) is 1. The second-order valence-electron chi connectivity index (χ2n) is 7.85. The lowest BCUT2D eigenvalue weighted by atomic mass is 9.82. The van der Waals surface area contributed by atoms with E-state index < -0.39 is 6.10 Å². The lowest BCUT2D eigenvalue weighted by Gasteiger charge is -2.45. The van der Waals surface area contributed by atoms with Gasteiger partial charge in [0.05, 0.1) is 12.7 Å². The van der Waals surface area contributed by atoms with Crippen LogP contribution < -0.4 is 0 Å². The first kappa shape index (κ1) is 15.9. The van der Waals surface area contributed by atoms with E-state index in [1.54, 1.807) is 0 Å². The van der Waals surface area contributed by atoms with Crippen LogP contribution >= 0.6 is 0 Å². The molecule has 1 aliphatic heterocycles. The summed E-state index contributed by atoms with van der Waals surface area (Å²) in [7, 11) is 0. The number of nitrogens with zero attached hydrogens (tertiary/aromatic N) is 1. The topological polar surface area (TPSA) is 43.7 Å². The van der Waals surface area contributed by atoms with E-state index in [0.717, 1.165) is 6.42 Å². The van der Waals surface area contributed by atoms with Crippen molar-refractivity contribution in [2.24, 2.45) is 11.3 Å². The van der Waals surface area contributed by atoms with Crippen molar-refractivity contribution in [2.45, 2.75) is 78.6 Å². The van der Waals surface area contributed by atoms with Gasteiger partial charge < -0.3 is 10.2 Å². The van der Waals surface area contributed by atoms with Gasteiger partial charge in [-0.05, 0) is 39.5 Å². The van der Waals surface area contributed by atoms with Crippen molar-refractivity contribution in [3.8, 4) is 0 Å². The SMILES string of the molecule is C[C@@H]1[C@@H](C(O)CO)CC(C(C)(C)C)N1C(C)(C)C. The van der Waals surface area contributed by atoms with E-state index >= 15 is 0 Å². The largest absolute Gasteiger partial charge is 0.394 e. The molecule has 0 bridgehead atoms. The zero-order chi connectivity index (χ0) is 14.3. The number of hydrogen-bond donors (Lipinski definition) is 2. The first-order valence-electron chi connectivity index (χ1n) is 7.07. The molecule has 0 aromatic heterocycles.